The van der Waals surface area contributed by atoms with Crippen LogP contribution in [0.25, 0.3) is 0 Å². The molecular formula is C13H21N4OS+. The van der Waals surface area contributed by atoms with Crippen LogP contribution >= 0.6 is 12.2 Å². The van der Waals surface area contributed by atoms with Crippen molar-refractivity contribution in [3.05, 3.63) is 35.9 Å². The van der Waals surface area contributed by atoms with Gasteiger partial charge in [0.2, 0.25) is 0 Å². The molecule has 0 aliphatic rings. The second-order valence-electron chi connectivity index (χ2n) is 4.51. The van der Waals surface area contributed by atoms with E-state index in [2.05, 4.69) is 30.3 Å². The molecule has 1 amide bonds. The summed E-state index contributed by atoms with van der Waals surface area (Å²) in [5, 5.41) is 3.47. The van der Waals surface area contributed by atoms with Crippen molar-refractivity contribution in [3.8, 4) is 0 Å². The minimum Gasteiger partial charge on any atom is -0.361 e. The molecule has 0 saturated heterocycles. The maximum Gasteiger partial charge on any atom is 0.269 e. The second-order valence-corrected chi connectivity index (χ2v) is 4.92. The first-order chi connectivity index (χ1) is 9.09. The predicted octanol–water partition coefficient (Wildman–Crippen LogP) is -0.670. The topological polar surface area (TPSA) is 57.6 Å². The molecule has 0 radical (unpaired) electrons. The molecule has 4 N–H and O–H groups in total. The van der Waals surface area contributed by atoms with Crippen LogP contribution in [0.4, 0.5) is 0 Å². The van der Waals surface area contributed by atoms with Crippen LogP contribution in [0.5, 0.6) is 0 Å². The zero-order valence-electron chi connectivity index (χ0n) is 11.3. The Kier molecular flexibility index (Phi) is 6.84. The van der Waals surface area contributed by atoms with Gasteiger partial charge in [-0.3, -0.25) is 15.6 Å². The van der Waals surface area contributed by atoms with Crippen LogP contribution < -0.4 is 21.1 Å². The zero-order chi connectivity index (χ0) is 14.1. The highest BCUT2D eigenvalue weighted by Gasteiger charge is 2.04. The largest absolute Gasteiger partial charge is 0.361 e. The Morgan fingerprint density at radius 2 is 1.89 bits per heavy atom. The van der Waals surface area contributed by atoms with E-state index in [9.17, 15) is 4.79 Å². The quantitative estimate of drug-likeness (QED) is 0.328. The third kappa shape index (κ3) is 6.73. The lowest BCUT2D eigenvalue weighted by molar-refractivity contribution is -0.858. The van der Waals surface area contributed by atoms with Crippen molar-refractivity contribution < 1.29 is 9.69 Å². The number of carbonyl (C=O) groups is 1. The summed E-state index contributed by atoms with van der Waals surface area (Å²) >= 11 is 5.06. The van der Waals surface area contributed by atoms with Gasteiger partial charge in [-0.15, -0.1) is 0 Å². The molecule has 0 fully saturated rings. The van der Waals surface area contributed by atoms with Gasteiger partial charge in [-0.05, 0) is 24.4 Å². The van der Waals surface area contributed by atoms with Crippen molar-refractivity contribution in [1.82, 2.24) is 16.2 Å². The van der Waals surface area contributed by atoms with E-state index in [1.54, 1.807) is 12.1 Å². The third-order valence-corrected chi connectivity index (χ3v) is 2.71. The number of hydrazine groups is 1. The van der Waals surface area contributed by atoms with E-state index in [1.165, 1.54) is 4.90 Å². The molecule has 19 heavy (non-hydrogen) atoms. The number of rotatable bonds is 5. The molecule has 0 saturated carbocycles. The molecule has 1 rings (SSSR count). The van der Waals surface area contributed by atoms with Gasteiger partial charge in [0.15, 0.2) is 5.11 Å². The first-order valence-electron chi connectivity index (χ1n) is 6.28. The molecule has 0 aromatic heterocycles. The van der Waals surface area contributed by atoms with Crippen molar-refractivity contribution in [1.29, 1.82) is 0 Å². The van der Waals surface area contributed by atoms with E-state index in [0.717, 1.165) is 19.5 Å². The van der Waals surface area contributed by atoms with Crippen molar-refractivity contribution >= 4 is 23.2 Å². The van der Waals surface area contributed by atoms with Crippen LogP contribution in [0.3, 0.4) is 0 Å². The standard InChI is InChI=1S/C13H20N4OS/c1-17(2)10-6-9-14-13(19)16-15-12(18)11-7-4-3-5-8-11/h3-5,7-8H,6,9-10H2,1-2H3,(H,15,18)(H2,14,16,19)/p+1. The van der Waals surface area contributed by atoms with Gasteiger partial charge < -0.3 is 10.2 Å². The summed E-state index contributed by atoms with van der Waals surface area (Å²) in [5.74, 6) is -0.206. The van der Waals surface area contributed by atoms with Crippen molar-refractivity contribution in [3.63, 3.8) is 0 Å². The van der Waals surface area contributed by atoms with Gasteiger partial charge in [-0.25, -0.2) is 0 Å². The van der Waals surface area contributed by atoms with Crippen molar-refractivity contribution in [2.45, 2.75) is 6.42 Å². The van der Waals surface area contributed by atoms with E-state index < -0.39 is 0 Å². The molecule has 0 heterocycles. The summed E-state index contributed by atoms with van der Waals surface area (Å²) < 4.78 is 0. The smallest absolute Gasteiger partial charge is 0.269 e. The van der Waals surface area contributed by atoms with Crippen LogP contribution in [0.1, 0.15) is 16.8 Å². The van der Waals surface area contributed by atoms with Crippen molar-refractivity contribution in [2.24, 2.45) is 0 Å². The van der Waals surface area contributed by atoms with Crippen molar-refractivity contribution in [2.75, 3.05) is 27.2 Å². The van der Waals surface area contributed by atoms with Crippen LogP contribution in [0.15, 0.2) is 30.3 Å². The highest BCUT2D eigenvalue weighted by atomic mass is 32.1. The van der Waals surface area contributed by atoms with E-state index in [0.29, 0.717) is 10.7 Å². The molecule has 104 valence electrons. The van der Waals surface area contributed by atoms with Gasteiger partial charge in [-0.2, -0.15) is 0 Å². The summed E-state index contributed by atoms with van der Waals surface area (Å²) in [7, 11) is 4.22. The van der Waals surface area contributed by atoms with E-state index >= 15 is 0 Å². The summed E-state index contributed by atoms with van der Waals surface area (Å²) in [5.41, 5.74) is 5.83. The Balaban J connectivity index is 2.18. The van der Waals surface area contributed by atoms with E-state index in [4.69, 9.17) is 12.2 Å². The average molecular weight is 281 g/mol. The van der Waals surface area contributed by atoms with Crippen LogP contribution in [0.2, 0.25) is 0 Å². The maximum absolute atomic E-state index is 11.7. The molecule has 1 aromatic carbocycles. The van der Waals surface area contributed by atoms with Crippen LogP contribution in [-0.2, 0) is 0 Å². The Morgan fingerprint density at radius 3 is 2.53 bits per heavy atom. The average Bonchev–Trinajstić information content (AvgIpc) is 2.41. The Hall–Kier alpha value is -1.66. The summed E-state index contributed by atoms with van der Waals surface area (Å²) in [6, 6.07) is 8.98. The summed E-state index contributed by atoms with van der Waals surface area (Å²) in [4.78, 5) is 13.1. The Morgan fingerprint density at radius 1 is 1.21 bits per heavy atom. The first kappa shape index (κ1) is 15.4. The van der Waals surface area contributed by atoms with Crippen LogP contribution in [-0.4, -0.2) is 38.2 Å². The van der Waals surface area contributed by atoms with Gasteiger partial charge >= 0.3 is 0 Å². The summed E-state index contributed by atoms with van der Waals surface area (Å²) in [6.07, 6.45) is 1.02. The lowest BCUT2D eigenvalue weighted by Gasteiger charge is -2.12. The third-order valence-electron chi connectivity index (χ3n) is 2.46. The van der Waals surface area contributed by atoms with Crippen LogP contribution in [0, 0.1) is 0 Å². The number of amides is 1. The minimum absolute atomic E-state index is 0.206. The Labute approximate surface area is 119 Å². The SMILES string of the molecule is C[NH+](C)CCCNC(=S)NNC(=O)c1ccccc1. The van der Waals surface area contributed by atoms with Gasteiger partial charge in [0.05, 0.1) is 20.6 Å². The molecule has 0 spiro atoms. The number of benzene rings is 1. The molecule has 0 aliphatic carbocycles. The fourth-order valence-corrected chi connectivity index (χ4v) is 1.62. The molecular weight excluding hydrogens is 260 g/mol. The first-order valence-corrected chi connectivity index (χ1v) is 6.68. The number of nitrogens with one attached hydrogen (secondary N) is 4. The summed E-state index contributed by atoms with van der Waals surface area (Å²) in [6.45, 7) is 1.87. The molecule has 0 atom stereocenters. The zero-order valence-corrected chi connectivity index (χ0v) is 12.1. The molecule has 5 nitrogen and oxygen atoms in total. The number of quaternary nitrogens is 1. The van der Waals surface area contributed by atoms with Gasteiger partial charge in [0, 0.05) is 18.5 Å². The minimum atomic E-state index is -0.206. The number of hydrogen-bond acceptors (Lipinski definition) is 2. The van der Waals surface area contributed by atoms with E-state index in [-0.39, 0.29) is 5.91 Å². The van der Waals surface area contributed by atoms with E-state index in [1.807, 2.05) is 18.2 Å². The number of thiocarbonyl (C=S) groups is 1. The number of hydrogen-bond donors (Lipinski definition) is 4. The molecule has 1 aromatic rings. The Bertz CT molecular complexity index is 408. The molecule has 0 bridgehead atoms. The van der Waals surface area contributed by atoms with Gasteiger partial charge in [0.25, 0.3) is 5.91 Å². The lowest BCUT2D eigenvalue weighted by Crippen LogP contribution is -3.05. The monoisotopic (exact) mass is 281 g/mol. The second kappa shape index (κ2) is 8.44. The lowest BCUT2D eigenvalue weighted by atomic mass is 10.2. The maximum atomic E-state index is 11.7. The molecule has 6 heteroatoms. The molecule has 0 unspecified atom stereocenters. The van der Waals surface area contributed by atoms with Gasteiger partial charge in [0.1, 0.15) is 0 Å². The predicted molar refractivity (Wildman–Crippen MR) is 79.9 cm³/mol. The van der Waals surface area contributed by atoms with Gasteiger partial charge in [-0.1, -0.05) is 18.2 Å². The fraction of sp³-hybridized carbons (Fsp3) is 0.385. The molecule has 0 aliphatic heterocycles. The highest BCUT2D eigenvalue weighted by molar-refractivity contribution is 7.80. The normalized spacial score (nSPS) is 10.1. The number of carbonyl (C=O) groups excluding carboxylic acids is 1. The fourth-order valence-electron chi connectivity index (χ4n) is 1.46. The highest BCUT2D eigenvalue weighted by Crippen LogP contribution is 1.96.